The van der Waals surface area contributed by atoms with E-state index in [1.807, 2.05) is 6.07 Å². The van der Waals surface area contributed by atoms with Gasteiger partial charge in [-0.2, -0.15) is 0 Å². The third-order valence-corrected chi connectivity index (χ3v) is 4.62. The van der Waals surface area contributed by atoms with Crippen molar-refractivity contribution in [2.75, 3.05) is 6.54 Å². The zero-order valence-electron chi connectivity index (χ0n) is 12.1. The van der Waals surface area contributed by atoms with E-state index in [0.29, 0.717) is 11.1 Å². The van der Waals surface area contributed by atoms with Crippen LogP contribution in [0.4, 0.5) is 8.78 Å². The van der Waals surface area contributed by atoms with E-state index in [9.17, 15) is 8.78 Å². The first-order valence-corrected chi connectivity index (χ1v) is 7.66. The fraction of sp³-hybridized carbons (Fsp3) is 0.333. The van der Waals surface area contributed by atoms with Gasteiger partial charge >= 0.3 is 0 Å². The first-order chi connectivity index (χ1) is 10.8. The van der Waals surface area contributed by atoms with E-state index in [1.54, 1.807) is 30.3 Å². The molecule has 0 bridgehead atoms. The average Bonchev–Trinajstić information content (AvgIpc) is 3.09. The second-order valence-corrected chi connectivity index (χ2v) is 5.88. The van der Waals surface area contributed by atoms with Crippen LogP contribution in [0.25, 0.3) is 0 Å². The van der Waals surface area contributed by atoms with E-state index in [-0.39, 0.29) is 23.9 Å². The number of fused-ring (bicyclic) bond motifs is 1. The fourth-order valence-electron chi connectivity index (χ4n) is 3.65. The lowest BCUT2D eigenvalue weighted by Crippen LogP contribution is -2.27. The van der Waals surface area contributed by atoms with Gasteiger partial charge in [-0.3, -0.25) is 4.90 Å². The maximum atomic E-state index is 14.3. The van der Waals surface area contributed by atoms with Crippen molar-refractivity contribution in [3.05, 3.63) is 71.3 Å². The van der Waals surface area contributed by atoms with Gasteiger partial charge in [-0.15, -0.1) is 0 Å². The van der Waals surface area contributed by atoms with Gasteiger partial charge in [0, 0.05) is 17.7 Å². The Morgan fingerprint density at radius 1 is 0.909 bits per heavy atom. The summed E-state index contributed by atoms with van der Waals surface area (Å²) < 4.78 is 34.6. The van der Waals surface area contributed by atoms with Crippen molar-refractivity contribution in [2.45, 2.75) is 31.2 Å². The second kappa shape index (κ2) is 5.45. The highest BCUT2D eigenvalue weighted by Gasteiger charge is 2.47. The number of hydrogen-bond acceptors (Lipinski definition) is 2. The highest BCUT2D eigenvalue weighted by atomic mass is 19.1. The Morgan fingerprint density at radius 3 is 2.23 bits per heavy atom. The lowest BCUT2D eigenvalue weighted by atomic mass is 9.94. The van der Waals surface area contributed by atoms with Crippen molar-refractivity contribution in [2.24, 2.45) is 0 Å². The molecule has 2 saturated heterocycles. The molecule has 2 aliphatic heterocycles. The highest BCUT2D eigenvalue weighted by Crippen LogP contribution is 2.49. The molecule has 2 aromatic carbocycles. The first kappa shape index (κ1) is 13.9. The van der Waals surface area contributed by atoms with Crippen molar-refractivity contribution in [1.82, 2.24) is 4.90 Å². The van der Waals surface area contributed by atoms with E-state index < -0.39 is 6.10 Å². The summed E-state index contributed by atoms with van der Waals surface area (Å²) in [6, 6.07) is 13.1. The summed E-state index contributed by atoms with van der Waals surface area (Å²) in [5.74, 6) is -0.556. The van der Waals surface area contributed by atoms with Crippen molar-refractivity contribution in [1.29, 1.82) is 0 Å². The Balaban J connectivity index is 1.80. The quantitative estimate of drug-likeness (QED) is 0.824. The number of halogens is 2. The van der Waals surface area contributed by atoms with Gasteiger partial charge in [0.1, 0.15) is 24.0 Å². The third kappa shape index (κ3) is 2.14. The molecule has 3 atom stereocenters. The predicted octanol–water partition coefficient (Wildman–Crippen LogP) is 4.20. The molecule has 0 amide bonds. The average molecular weight is 301 g/mol. The summed E-state index contributed by atoms with van der Waals surface area (Å²) in [4.78, 5) is 2.16. The summed E-state index contributed by atoms with van der Waals surface area (Å²) in [7, 11) is 0. The fourth-order valence-corrected chi connectivity index (χ4v) is 3.65. The Morgan fingerprint density at radius 2 is 1.55 bits per heavy atom. The van der Waals surface area contributed by atoms with Gasteiger partial charge in [0.2, 0.25) is 0 Å². The largest absolute Gasteiger partial charge is 0.353 e. The first-order valence-electron chi connectivity index (χ1n) is 7.66. The molecule has 2 aliphatic rings. The van der Waals surface area contributed by atoms with Gasteiger partial charge < -0.3 is 4.74 Å². The van der Waals surface area contributed by atoms with Crippen LogP contribution in [0.15, 0.2) is 48.5 Å². The molecular weight excluding hydrogens is 284 g/mol. The Hall–Kier alpha value is -1.78. The molecule has 4 heteroatoms. The van der Waals surface area contributed by atoms with E-state index in [4.69, 9.17) is 4.74 Å². The molecule has 0 radical (unpaired) electrons. The topological polar surface area (TPSA) is 12.5 Å². The Kier molecular flexibility index (Phi) is 3.43. The molecule has 0 aliphatic carbocycles. The minimum atomic E-state index is -0.469. The third-order valence-electron chi connectivity index (χ3n) is 4.62. The highest BCUT2D eigenvalue weighted by molar-refractivity contribution is 5.30. The molecule has 0 N–H and O–H groups in total. The zero-order chi connectivity index (χ0) is 15.1. The van der Waals surface area contributed by atoms with Crippen LogP contribution in [0.3, 0.4) is 0 Å². The molecule has 0 spiro atoms. The molecule has 114 valence electrons. The van der Waals surface area contributed by atoms with Crippen molar-refractivity contribution < 1.29 is 13.5 Å². The van der Waals surface area contributed by atoms with Crippen molar-refractivity contribution in [3.8, 4) is 0 Å². The summed E-state index contributed by atoms with van der Waals surface area (Å²) in [5, 5.41) is 0. The standard InChI is InChI=1S/C18H17F2NO/c19-14-8-3-1-6-12(14)17-18(13-7-2-4-9-15(13)20)22-16-10-5-11-21(16)17/h1-4,6-9,16-18H,5,10-11H2. The van der Waals surface area contributed by atoms with E-state index in [0.717, 1.165) is 19.4 Å². The van der Waals surface area contributed by atoms with Crippen LogP contribution in [-0.4, -0.2) is 17.7 Å². The van der Waals surface area contributed by atoms with Crippen LogP contribution in [-0.2, 0) is 4.74 Å². The van der Waals surface area contributed by atoms with Gasteiger partial charge in [-0.25, -0.2) is 8.78 Å². The molecule has 3 unspecified atom stereocenters. The van der Waals surface area contributed by atoms with Crippen LogP contribution in [0.2, 0.25) is 0 Å². The van der Waals surface area contributed by atoms with Crippen LogP contribution in [0.1, 0.15) is 36.1 Å². The molecule has 2 fully saturated rings. The zero-order valence-corrected chi connectivity index (χ0v) is 12.1. The molecule has 2 nitrogen and oxygen atoms in total. The molecule has 4 rings (SSSR count). The molecular formula is C18H17F2NO. The van der Waals surface area contributed by atoms with Gasteiger partial charge in [-0.05, 0) is 25.0 Å². The number of ether oxygens (including phenoxy) is 1. The molecule has 2 heterocycles. The van der Waals surface area contributed by atoms with Crippen LogP contribution in [0, 0.1) is 11.6 Å². The maximum absolute atomic E-state index is 14.3. The SMILES string of the molecule is Fc1ccccc1C1OC2CCCN2C1c1ccccc1F. The number of nitrogens with zero attached hydrogens (tertiary/aromatic N) is 1. The number of benzene rings is 2. The minimum Gasteiger partial charge on any atom is -0.353 e. The molecule has 2 aromatic rings. The molecule has 0 saturated carbocycles. The Bertz CT molecular complexity index is 690. The van der Waals surface area contributed by atoms with Crippen molar-refractivity contribution in [3.63, 3.8) is 0 Å². The van der Waals surface area contributed by atoms with Gasteiger partial charge in [0.05, 0.1) is 6.04 Å². The number of hydrogen-bond donors (Lipinski definition) is 0. The predicted molar refractivity (Wildman–Crippen MR) is 79.1 cm³/mol. The van der Waals surface area contributed by atoms with Crippen LogP contribution < -0.4 is 0 Å². The van der Waals surface area contributed by atoms with Crippen molar-refractivity contribution >= 4 is 0 Å². The van der Waals surface area contributed by atoms with Crippen LogP contribution in [0.5, 0.6) is 0 Å². The maximum Gasteiger partial charge on any atom is 0.129 e. The molecule has 22 heavy (non-hydrogen) atoms. The summed E-state index contributed by atoms with van der Waals surface area (Å²) in [6.45, 7) is 0.856. The second-order valence-electron chi connectivity index (χ2n) is 5.88. The molecule has 0 aromatic heterocycles. The lowest BCUT2D eigenvalue weighted by molar-refractivity contribution is 0.0160. The van der Waals surface area contributed by atoms with E-state index in [2.05, 4.69) is 4.90 Å². The monoisotopic (exact) mass is 301 g/mol. The smallest absolute Gasteiger partial charge is 0.129 e. The summed E-state index contributed by atoms with van der Waals surface area (Å²) in [6.07, 6.45) is 1.42. The summed E-state index contributed by atoms with van der Waals surface area (Å²) >= 11 is 0. The minimum absolute atomic E-state index is 0.0470. The van der Waals surface area contributed by atoms with E-state index >= 15 is 0 Å². The van der Waals surface area contributed by atoms with Crippen LogP contribution >= 0.6 is 0 Å². The van der Waals surface area contributed by atoms with E-state index in [1.165, 1.54) is 12.1 Å². The van der Waals surface area contributed by atoms with Gasteiger partial charge in [-0.1, -0.05) is 36.4 Å². The number of rotatable bonds is 2. The van der Waals surface area contributed by atoms with Gasteiger partial charge in [0.15, 0.2) is 0 Å². The lowest BCUT2D eigenvalue weighted by Gasteiger charge is -2.25. The Labute approximate surface area is 128 Å². The normalized spacial score (nSPS) is 28.0. The summed E-state index contributed by atoms with van der Waals surface area (Å²) in [5.41, 5.74) is 1.09. The van der Waals surface area contributed by atoms with Gasteiger partial charge in [0.25, 0.3) is 0 Å².